The number of hydrogen-bond acceptors (Lipinski definition) is 1. The number of rotatable bonds is 4. The van der Waals surface area contributed by atoms with Crippen molar-refractivity contribution in [1.82, 2.24) is 0 Å². The number of benzene rings is 2. The van der Waals surface area contributed by atoms with Crippen LogP contribution in [0.25, 0.3) is 0 Å². The maximum absolute atomic E-state index is 6.15. The fourth-order valence-electron chi connectivity index (χ4n) is 1.87. The lowest BCUT2D eigenvalue weighted by Gasteiger charge is -2.10. The lowest BCUT2D eigenvalue weighted by Crippen LogP contribution is -2.00. The quantitative estimate of drug-likeness (QED) is 0.759. The summed E-state index contributed by atoms with van der Waals surface area (Å²) in [6.45, 7) is 5.04. The van der Waals surface area contributed by atoms with Crippen molar-refractivity contribution < 1.29 is 0 Å². The summed E-state index contributed by atoms with van der Waals surface area (Å²) >= 11 is 12.1. The Balaban J connectivity index is 2.04. The first-order valence-electron chi connectivity index (χ1n) is 6.34. The van der Waals surface area contributed by atoms with E-state index in [1.807, 2.05) is 12.1 Å². The lowest BCUT2D eigenvalue weighted by molar-refractivity contribution is 0.867. The normalized spacial score (nSPS) is 10.8. The average Bonchev–Trinajstić information content (AvgIpc) is 2.41. The Morgan fingerprint density at radius 3 is 2.32 bits per heavy atom. The Hall–Kier alpha value is -1.18. The maximum Gasteiger partial charge on any atom is 0.0642 e. The van der Waals surface area contributed by atoms with E-state index in [0.29, 0.717) is 22.5 Å². The van der Waals surface area contributed by atoms with Crippen LogP contribution < -0.4 is 5.32 Å². The molecule has 0 aromatic heterocycles. The Morgan fingerprint density at radius 1 is 1.00 bits per heavy atom. The van der Waals surface area contributed by atoms with Crippen molar-refractivity contribution in [2.45, 2.75) is 26.3 Å². The van der Waals surface area contributed by atoms with Gasteiger partial charge in [-0.15, -0.1) is 0 Å². The van der Waals surface area contributed by atoms with E-state index in [9.17, 15) is 0 Å². The van der Waals surface area contributed by atoms with Crippen LogP contribution in [0.1, 0.15) is 30.9 Å². The molecule has 19 heavy (non-hydrogen) atoms. The molecule has 0 bridgehead atoms. The van der Waals surface area contributed by atoms with Gasteiger partial charge in [0.05, 0.1) is 10.0 Å². The highest BCUT2D eigenvalue weighted by atomic mass is 35.5. The zero-order chi connectivity index (χ0) is 13.8. The van der Waals surface area contributed by atoms with E-state index in [-0.39, 0.29) is 0 Å². The first-order chi connectivity index (χ1) is 9.08. The Bertz CT molecular complexity index is 547. The van der Waals surface area contributed by atoms with Gasteiger partial charge >= 0.3 is 0 Å². The van der Waals surface area contributed by atoms with Crippen LogP contribution in [0.5, 0.6) is 0 Å². The predicted molar refractivity (Wildman–Crippen MR) is 84.3 cm³/mol. The molecule has 3 heteroatoms. The number of nitrogens with one attached hydrogen (secondary N) is 1. The van der Waals surface area contributed by atoms with Gasteiger partial charge in [0.15, 0.2) is 0 Å². The summed E-state index contributed by atoms with van der Waals surface area (Å²) in [5.41, 5.74) is 3.42. The van der Waals surface area contributed by atoms with Crippen molar-refractivity contribution >= 4 is 28.9 Å². The fourth-order valence-corrected chi connectivity index (χ4v) is 2.26. The molecule has 0 aliphatic carbocycles. The molecule has 2 aromatic carbocycles. The van der Waals surface area contributed by atoms with Crippen LogP contribution >= 0.6 is 23.2 Å². The zero-order valence-corrected chi connectivity index (χ0v) is 12.6. The largest absolute Gasteiger partial charge is 0.381 e. The minimum atomic E-state index is 0.552. The van der Waals surface area contributed by atoms with Crippen molar-refractivity contribution in [2.75, 3.05) is 5.32 Å². The third kappa shape index (κ3) is 3.65. The summed E-state index contributed by atoms with van der Waals surface area (Å²) in [6, 6.07) is 14.2. The van der Waals surface area contributed by atoms with Crippen LogP contribution in [-0.4, -0.2) is 0 Å². The average molecular weight is 294 g/mol. The summed E-state index contributed by atoms with van der Waals surface area (Å²) in [7, 11) is 0. The summed E-state index contributed by atoms with van der Waals surface area (Å²) < 4.78 is 0. The predicted octanol–water partition coefficient (Wildman–Crippen LogP) is 5.73. The van der Waals surface area contributed by atoms with Crippen LogP contribution in [-0.2, 0) is 6.54 Å². The van der Waals surface area contributed by atoms with Crippen LogP contribution in [0, 0.1) is 0 Å². The Morgan fingerprint density at radius 2 is 1.68 bits per heavy atom. The second-order valence-electron chi connectivity index (χ2n) is 4.84. The summed E-state index contributed by atoms with van der Waals surface area (Å²) in [6.07, 6.45) is 0. The van der Waals surface area contributed by atoms with Gasteiger partial charge in [-0.05, 0) is 35.2 Å². The first-order valence-corrected chi connectivity index (χ1v) is 7.10. The van der Waals surface area contributed by atoms with E-state index >= 15 is 0 Å². The van der Waals surface area contributed by atoms with Crippen molar-refractivity contribution in [3.8, 4) is 0 Å². The highest BCUT2D eigenvalue weighted by molar-refractivity contribution is 6.42. The number of halogens is 2. The molecule has 0 saturated heterocycles. The molecule has 2 aromatic rings. The van der Waals surface area contributed by atoms with Gasteiger partial charge in [-0.25, -0.2) is 0 Å². The molecule has 0 atom stereocenters. The highest BCUT2D eigenvalue weighted by Gasteiger charge is 2.04. The van der Waals surface area contributed by atoms with E-state index in [1.165, 1.54) is 5.56 Å². The van der Waals surface area contributed by atoms with E-state index in [0.717, 1.165) is 11.3 Å². The lowest BCUT2D eigenvalue weighted by atomic mass is 10.0. The SMILES string of the molecule is CC(C)c1ccc(NCc2cccc(Cl)c2Cl)cc1. The van der Waals surface area contributed by atoms with E-state index in [4.69, 9.17) is 23.2 Å². The number of anilines is 1. The van der Waals surface area contributed by atoms with Gasteiger partial charge in [-0.2, -0.15) is 0 Å². The van der Waals surface area contributed by atoms with Crippen molar-refractivity contribution in [1.29, 1.82) is 0 Å². The molecule has 0 unspecified atom stereocenters. The zero-order valence-electron chi connectivity index (χ0n) is 11.1. The van der Waals surface area contributed by atoms with Crippen molar-refractivity contribution in [2.24, 2.45) is 0 Å². The maximum atomic E-state index is 6.15. The molecule has 0 aliphatic rings. The van der Waals surface area contributed by atoms with E-state index < -0.39 is 0 Å². The third-order valence-corrected chi connectivity index (χ3v) is 3.95. The molecule has 2 rings (SSSR count). The Kier molecular flexibility index (Phi) is 4.73. The van der Waals surface area contributed by atoms with Crippen LogP contribution in [0.2, 0.25) is 10.0 Å². The molecule has 100 valence electrons. The standard InChI is InChI=1S/C16H17Cl2N/c1-11(2)12-6-8-14(9-7-12)19-10-13-4-3-5-15(17)16(13)18/h3-9,11,19H,10H2,1-2H3. The molecule has 0 fully saturated rings. The molecular weight excluding hydrogens is 277 g/mol. The molecule has 1 N–H and O–H groups in total. The topological polar surface area (TPSA) is 12.0 Å². The van der Waals surface area contributed by atoms with Gasteiger partial charge < -0.3 is 5.32 Å². The Labute approximate surface area is 124 Å². The van der Waals surface area contributed by atoms with Crippen molar-refractivity contribution in [3.63, 3.8) is 0 Å². The number of hydrogen-bond donors (Lipinski definition) is 1. The van der Waals surface area contributed by atoms with E-state index in [1.54, 1.807) is 6.07 Å². The van der Waals surface area contributed by atoms with Crippen LogP contribution in [0.4, 0.5) is 5.69 Å². The molecule has 0 saturated carbocycles. The monoisotopic (exact) mass is 293 g/mol. The van der Waals surface area contributed by atoms with E-state index in [2.05, 4.69) is 43.4 Å². The molecule has 0 amide bonds. The molecular formula is C16H17Cl2N. The molecule has 0 aliphatic heterocycles. The molecule has 0 radical (unpaired) electrons. The van der Waals surface area contributed by atoms with Crippen molar-refractivity contribution in [3.05, 3.63) is 63.6 Å². The molecule has 0 spiro atoms. The smallest absolute Gasteiger partial charge is 0.0642 e. The minimum Gasteiger partial charge on any atom is -0.381 e. The third-order valence-electron chi connectivity index (χ3n) is 3.09. The fraction of sp³-hybridized carbons (Fsp3) is 0.250. The van der Waals surface area contributed by atoms with Gasteiger partial charge in [0.1, 0.15) is 0 Å². The summed E-state index contributed by atoms with van der Waals surface area (Å²) in [5, 5.41) is 4.57. The second kappa shape index (κ2) is 6.31. The van der Waals surface area contributed by atoms with Gasteiger partial charge in [0, 0.05) is 12.2 Å². The summed E-state index contributed by atoms with van der Waals surface area (Å²) in [5.74, 6) is 0.552. The van der Waals surface area contributed by atoms with Gasteiger partial charge in [-0.3, -0.25) is 0 Å². The van der Waals surface area contributed by atoms with Gasteiger partial charge in [0.2, 0.25) is 0 Å². The van der Waals surface area contributed by atoms with Crippen LogP contribution in [0.3, 0.4) is 0 Å². The second-order valence-corrected chi connectivity index (χ2v) is 5.63. The summed E-state index contributed by atoms with van der Waals surface area (Å²) in [4.78, 5) is 0. The minimum absolute atomic E-state index is 0.552. The van der Waals surface area contributed by atoms with Crippen LogP contribution in [0.15, 0.2) is 42.5 Å². The highest BCUT2D eigenvalue weighted by Crippen LogP contribution is 2.26. The molecule has 1 nitrogen and oxygen atoms in total. The van der Waals surface area contributed by atoms with Gasteiger partial charge in [-0.1, -0.05) is 61.3 Å². The van der Waals surface area contributed by atoms with Gasteiger partial charge in [0.25, 0.3) is 0 Å². The first kappa shape index (κ1) is 14.2. The molecule has 0 heterocycles.